The van der Waals surface area contributed by atoms with Crippen molar-refractivity contribution >= 4 is 11.7 Å². The summed E-state index contributed by atoms with van der Waals surface area (Å²) in [6.07, 6.45) is 2.60. The van der Waals surface area contributed by atoms with Gasteiger partial charge in [-0.15, -0.1) is 0 Å². The predicted molar refractivity (Wildman–Crippen MR) is 106 cm³/mol. The van der Waals surface area contributed by atoms with Crippen molar-refractivity contribution < 1.29 is 4.79 Å². The van der Waals surface area contributed by atoms with E-state index in [-0.39, 0.29) is 11.9 Å². The summed E-state index contributed by atoms with van der Waals surface area (Å²) < 4.78 is 0. The molecule has 2 aliphatic rings. The van der Waals surface area contributed by atoms with E-state index in [2.05, 4.69) is 51.1 Å². The Bertz CT molecular complexity index is 844. The van der Waals surface area contributed by atoms with Crippen molar-refractivity contribution in [1.29, 1.82) is 0 Å². The minimum atomic E-state index is -0.0630. The van der Waals surface area contributed by atoms with Gasteiger partial charge in [-0.1, -0.05) is 24.3 Å². The van der Waals surface area contributed by atoms with Crippen LogP contribution < -0.4 is 4.90 Å². The molecule has 0 saturated carbocycles. The van der Waals surface area contributed by atoms with Crippen molar-refractivity contribution in [3.8, 4) is 0 Å². The first kappa shape index (κ1) is 17.9. The molecule has 1 saturated heterocycles. The number of rotatable bonds is 2. The lowest BCUT2D eigenvalue weighted by Crippen LogP contribution is -2.56. The molecule has 6 nitrogen and oxygen atoms in total. The van der Waals surface area contributed by atoms with Crippen LogP contribution in [0.25, 0.3) is 0 Å². The van der Waals surface area contributed by atoms with Gasteiger partial charge >= 0.3 is 0 Å². The quantitative estimate of drug-likeness (QED) is 0.812. The zero-order chi connectivity index (χ0) is 19.0. The van der Waals surface area contributed by atoms with E-state index in [0.29, 0.717) is 0 Å². The number of aryl methyl sites for hydroxylation is 2. The number of fused-ring (bicyclic) bond motifs is 1. The minimum absolute atomic E-state index is 0.0630. The number of hydrogen-bond acceptors (Lipinski definition) is 5. The van der Waals surface area contributed by atoms with Crippen LogP contribution in [-0.2, 0) is 17.8 Å². The third-order valence-corrected chi connectivity index (χ3v) is 5.71. The maximum Gasteiger partial charge on any atom is 0.240 e. The molecule has 2 aromatic rings. The fourth-order valence-electron chi connectivity index (χ4n) is 4.10. The first-order valence-corrected chi connectivity index (χ1v) is 9.64. The molecular formula is C21H27N5O. The van der Waals surface area contributed by atoms with Crippen LogP contribution in [0, 0.1) is 13.8 Å². The van der Waals surface area contributed by atoms with Crippen LogP contribution in [0.2, 0.25) is 0 Å². The Morgan fingerprint density at radius 1 is 1.07 bits per heavy atom. The van der Waals surface area contributed by atoms with Gasteiger partial charge in [-0.3, -0.25) is 14.7 Å². The summed E-state index contributed by atoms with van der Waals surface area (Å²) in [5.74, 6) is 1.20. The van der Waals surface area contributed by atoms with Crippen molar-refractivity contribution in [1.82, 2.24) is 19.8 Å². The Morgan fingerprint density at radius 3 is 2.52 bits per heavy atom. The number of amides is 1. The fourth-order valence-corrected chi connectivity index (χ4v) is 4.10. The molecule has 1 fully saturated rings. The predicted octanol–water partition coefficient (Wildman–Crippen LogP) is 1.80. The Balaban J connectivity index is 1.42. The summed E-state index contributed by atoms with van der Waals surface area (Å²) in [6.45, 7) is 7.88. The largest absolute Gasteiger partial charge is 0.352 e. The second-order valence-corrected chi connectivity index (χ2v) is 7.64. The number of hydrogen-bond donors (Lipinski definition) is 0. The SMILES string of the molecule is Cc1cnc(C)c(N2CCN(C(=O)C3Cc4ccccc4CN3C)CC2)n1. The zero-order valence-electron chi connectivity index (χ0n) is 16.4. The number of likely N-dealkylation sites (N-methyl/N-ethyl adjacent to an activating group) is 1. The third-order valence-electron chi connectivity index (χ3n) is 5.71. The highest BCUT2D eigenvalue weighted by Gasteiger charge is 2.33. The molecule has 27 heavy (non-hydrogen) atoms. The van der Waals surface area contributed by atoms with Crippen LogP contribution in [0.15, 0.2) is 30.5 Å². The molecule has 1 atom stereocenters. The lowest BCUT2D eigenvalue weighted by atomic mass is 9.93. The molecule has 0 bridgehead atoms. The first-order chi connectivity index (χ1) is 13.0. The molecule has 6 heteroatoms. The van der Waals surface area contributed by atoms with Crippen LogP contribution in [-0.4, -0.2) is 64.9 Å². The summed E-state index contributed by atoms with van der Waals surface area (Å²) in [5, 5.41) is 0. The first-order valence-electron chi connectivity index (χ1n) is 9.64. The summed E-state index contributed by atoms with van der Waals surface area (Å²) in [7, 11) is 2.06. The Labute approximate surface area is 160 Å². The summed E-state index contributed by atoms with van der Waals surface area (Å²) in [5.41, 5.74) is 4.52. The highest BCUT2D eigenvalue weighted by molar-refractivity contribution is 5.83. The van der Waals surface area contributed by atoms with E-state index < -0.39 is 0 Å². The topological polar surface area (TPSA) is 52.6 Å². The highest BCUT2D eigenvalue weighted by Crippen LogP contribution is 2.24. The number of benzene rings is 1. The number of anilines is 1. The van der Waals surface area contributed by atoms with Crippen molar-refractivity contribution in [2.24, 2.45) is 0 Å². The average molecular weight is 365 g/mol. The highest BCUT2D eigenvalue weighted by atomic mass is 16.2. The van der Waals surface area contributed by atoms with Crippen molar-refractivity contribution in [3.63, 3.8) is 0 Å². The van der Waals surface area contributed by atoms with Gasteiger partial charge in [-0.2, -0.15) is 0 Å². The summed E-state index contributed by atoms with van der Waals surface area (Å²) >= 11 is 0. The minimum Gasteiger partial charge on any atom is -0.352 e. The van der Waals surface area contributed by atoms with Crippen molar-refractivity contribution in [3.05, 3.63) is 53.0 Å². The molecule has 4 rings (SSSR count). The second kappa shape index (κ2) is 7.27. The number of piperazine rings is 1. The van der Waals surface area contributed by atoms with Gasteiger partial charge < -0.3 is 9.80 Å². The van der Waals surface area contributed by atoms with Gasteiger partial charge in [0.15, 0.2) is 0 Å². The van der Waals surface area contributed by atoms with Crippen molar-refractivity contribution in [2.75, 3.05) is 38.1 Å². The molecule has 1 unspecified atom stereocenters. The molecule has 0 aliphatic carbocycles. The molecule has 1 aromatic heterocycles. The Hall–Kier alpha value is -2.47. The lowest BCUT2D eigenvalue weighted by molar-refractivity contribution is -0.137. The number of nitrogens with zero attached hydrogens (tertiary/aromatic N) is 5. The normalized spacial score (nSPS) is 20.5. The van der Waals surface area contributed by atoms with Gasteiger partial charge in [-0.05, 0) is 38.4 Å². The van der Waals surface area contributed by atoms with Crippen LogP contribution in [0.3, 0.4) is 0 Å². The van der Waals surface area contributed by atoms with E-state index >= 15 is 0 Å². The fraction of sp³-hybridized carbons (Fsp3) is 0.476. The van der Waals surface area contributed by atoms with E-state index in [1.54, 1.807) is 6.20 Å². The van der Waals surface area contributed by atoms with E-state index in [1.807, 2.05) is 18.7 Å². The van der Waals surface area contributed by atoms with E-state index in [0.717, 1.165) is 56.4 Å². The second-order valence-electron chi connectivity index (χ2n) is 7.64. The maximum absolute atomic E-state index is 13.2. The lowest BCUT2D eigenvalue weighted by Gasteiger charge is -2.40. The molecular weight excluding hydrogens is 338 g/mol. The van der Waals surface area contributed by atoms with Crippen molar-refractivity contribution in [2.45, 2.75) is 32.9 Å². The third kappa shape index (κ3) is 3.54. The summed E-state index contributed by atoms with van der Waals surface area (Å²) in [4.78, 5) is 28.7. The number of aromatic nitrogens is 2. The van der Waals surface area contributed by atoms with Gasteiger partial charge in [0.25, 0.3) is 0 Å². The molecule has 2 aliphatic heterocycles. The van der Waals surface area contributed by atoms with E-state index in [1.165, 1.54) is 11.1 Å². The molecule has 0 radical (unpaired) electrons. The Kier molecular flexibility index (Phi) is 4.83. The summed E-state index contributed by atoms with van der Waals surface area (Å²) in [6, 6.07) is 8.39. The monoisotopic (exact) mass is 365 g/mol. The number of carbonyl (C=O) groups is 1. The van der Waals surface area contributed by atoms with Crippen LogP contribution in [0.5, 0.6) is 0 Å². The van der Waals surface area contributed by atoms with Crippen LogP contribution >= 0.6 is 0 Å². The molecule has 3 heterocycles. The van der Waals surface area contributed by atoms with Gasteiger partial charge in [0.05, 0.1) is 17.4 Å². The van der Waals surface area contributed by atoms with Crippen LogP contribution in [0.1, 0.15) is 22.5 Å². The van der Waals surface area contributed by atoms with Gasteiger partial charge in [-0.25, -0.2) is 4.98 Å². The van der Waals surface area contributed by atoms with E-state index in [4.69, 9.17) is 0 Å². The van der Waals surface area contributed by atoms with E-state index in [9.17, 15) is 4.79 Å². The average Bonchev–Trinajstić information content (AvgIpc) is 2.69. The maximum atomic E-state index is 13.2. The molecule has 1 aromatic carbocycles. The molecule has 0 N–H and O–H groups in total. The standard InChI is InChI=1S/C21H27N5O/c1-15-13-22-16(2)20(23-15)25-8-10-26(11-9-25)21(27)19-12-17-6-4-5-7-18(17)14-24(19)3/h4-7,13,19H,8-12,14H2,1-3H3. The molecule has 0 spiro atoms. The van der Waals surface area contributed by atoms with Crippen LogP contribution in [0.4, 0.5) is 5.82 Å². The zero-order valence-corrected chi connectivity index (χ0v) is 16.4. The molecule has 1 amide bonds. The van der Waals surface area contributed by atoms with Gasteiger partial charge in [0.2, 0.25) is 5.91 Å². The molecule has 142 valence electrons. The Morgan fingerprint density at radius 2 is 1.78 bits per heavy atom. The van der Waals surface area contributed by atoms with Gasteiger partial charge in [0.1, 0.15) is 5.82 Å². The van der Waals surface area contributed by atoms with Gasteiger partial charge in [0, 0.05) is 38.9 Å². The smallest absolute Gasteiger partial charge is 0.240 e. The number of carbonyl (C=O) groups excluding carboxylic acids is 1.